The lowest BCUT2D eigenvalue weighted by Crippen LogP contribution is -2.16. The smallest absolute Gasteiger partial charge is 0.156 e. The molecule has 3 nitrogen and oxygen atoms in total. The number of hydrogen-bond acceptors (Lipinski definition) is 3. The third kappa shape index (κ3) is 3.92. The van der Waals surface area contributed by atoms with Gasteiger partial charge in [0.15, 0.2) is 5.78 Å². The van der Waals surface area contributed by atoms with Crippen LogP contribution in [0.15, 0.2) is 48.5 Å². The molecule has 0 spiro atoms. The minimum absolute atomic E-state index is 0.000955. The van der Waals surface area contributed by atoms with E-state index in [0.29, 0.717) is 11.3 Å². The maximum Gasteiger partial charge on any atom is 0.156 e. The maximum absolute atomic E-state index is 13.0. The Kier molecular flexibility index (Phi) is 4.46. The van der Waals surface area contributed by atoms with E-state index < -0.39 is 0 Å². The molecule has 0 radical (unpaired) electrons. The molecule has 0 aliphatic rings. The van der Waals surface area contributed by atoms with Crippen LogP contribution in [0.25, 0.3) is 0 Å². The number of hydrogen-bond donors (Lipinski definition) is 1. The van der Waals surface area contributed by atoms with E-state index in [-0.39, 0.29) is 24.6 Å². The largest absolute Gasteiger partial charge is 0.378 e. The average molecular weight is 268 g/mol. The molecule has 100 valence electrons. The lowest BCUT2D eigenvalue weighted by Gasteiger charge is -2.06. The summed E-state index contributed by atoms with van der Waals surface area (Å²) < 4.78 is 13.0. The van der Waals surface area contributed by atoms with Gasteiger partial charge in [0.25, 0.3) is 0 Å². The zero-order chi connectivity index (χ0) is 14.4. The van der Waals surface area contributed by atoms with Crippen LogP contribution in [0.1, 0.15) is 11.1 Å². The lowest BCUT2D eigenvalue weighted by atomic mass is 10.1. The van der Waals surface area contributed by atoms with Crippen LogP contribution in [0.5, 0.6) is 0 Å². The monoisotopic (exact) mass is 268 g/mol. The summed E-state index contributed by atoms with van der Waals surface area (Å²) in [5, 5.41) is 11.6. The van der Waals surface area contributed by atoms with Crippen LogP contribution in [-0.2, 0) is 11.2 Å². The number of carbonyl (C=O) groups is 1. The molecule has 20 heavy (non-hydrogen) atoms. The van der Waals surface area contributed by atoms with Gasteiger partial charge >= 0.3 is 0 Å². The molecule has 2 aromatic rings. The summed E-state index contributed by atoms with van der Waals surface area (Å²) in [6.45, 7) is 0.142. The van der Waals surface area contributed by atoms with Gasteiger partial charge in [0.2, 0.25) is 0 Å². The van der Waals surface area contributed by atoms with Crippen molar-refractivity contribution in [3.8, 4) is 6.07 Å². The molecule has 0 unspecified atom stereocenters. The number of anilines is 1. The Hall–Kier alpha value is -2.67. The van der Waals surface area contributed by atoms with Gasteiger partial charge in [-0.1, -0.05) is 18.2 Å². The highest BCUT2D eigenvalue weighted by atomic mass is 19.1. The predicted molar refractivity (Wildman–Crippen MR) is 74.8 cm³/mol. The molecule has 4 heteroatoms. The molecule has 2 aromatic carbocycles. The van der Waals surface area contributed by atoms with E-state index in [0.717, 1.165) is 5.56 Å². The van der Waals surface area contributed by atoms with Gasteiger partial charge < -0.3 is 5.32 Å². The third-order valence-corrected chi connectivity index (χ3v) is 2.80. The first-order chi connectivity index (χ1) is 9.67. The van der Waals surface area contributed by atoms with E-state index in [2.05, 4.69) is 5.32 Å². The van der Waals surface area contributed by atoms with Crippen LogP contribution in [0.2, 0.25) is 0 Å². The fourth-order valence-electron chi connectivity index (χ4n) is 1.79. The number of benzene rings is 2. The topological polar surface area (TPSA) is 52.9 Å². The van der Waals surface area contributed by atoms with E-state index in [1.165, 1.54) is 12.1 Å². The highest BCUT2D eigenvalue weighted by Gasteiger charge is 2.04. The van der Waals surface area contributed by atoms with E-state index >= 15 is 0 Å². The first-order valence-corrected chi connectivity index (χ1v) is 6.17. The number of carbonyl (C=O) groups excluding carboxylic acids is 1. The summed E-state index contributed by atoms with van der Waals surface area (Å²) in [4.78, 5) is 11.8. The van der Waals surface area contributed by atoms with Crippen LogP contribution in [-0.4, -0.2) is 12.3 Å². The molecule has 0 atom stereocenters. The molecular weight excluding hydrogens is 255 g/mol. The summed E-state index contributed by atoms with van der Waals surface area (Å²) in [6, 6.07) is 14.9. The van der Waals surface area contributed by atoms with Crippen LogP contribution < -0.4 is 5.32 Å². The summed E-state index contributed by atoms with van der Waals surface area (Å²) in [5.74, 6) is -0.339. The number of Topliss-reactive ketones (excluding diaryl/α,β-unsaturated/α-hetero) is 1. The summed E-state index contributed by atoms with van der Waals surface area (Å²) in [7, 11) is 0. The number of ketones is 1. The molecule has 0 aliphatic carbocycles. The van der Waals surface area contributed by atoms with Gasteiger partial charge in [0.05, 0.1) is 18.2 Å². The van der Waals surface area contributed by atoms with Gasteiger partial charge in [-0.05, 0) is 35.9 Å². The Balaban J connectivity index is 1.87. The maximum atomic E-state index is 13.0. The molecule has 2 rings (SSSR count). The number of nitrogens with one attached hydrogen (secondary N) is 1. The van der Waals surface area contributed by atoms with Crippen molar-refractivity contribution in [2.45, 2.75) is 6.42 Å². The van der Waals surface area contributed by atoms with Crippen LogP contribution >= 0.6 is 0 Å². The minimum atomic E-state index is -0.338. The second-order valence-electron chi connectivity index (χ2n) is 4.39. The summed E-state index contributed by atoms with van der Waals surface area (Å²) in [6.07, 6.45) is 0.286. The van der Waals surface area contributed by atoms with Crippen LogP contribution in [0.3, 0.4) is 0 Å². The Morgan fingerprint density at radius 1 is 1.20 bits per heavy atom. The fraction of sp³-hybridized carbons (Fsp3) is 0.125. The molecule has 0 saturated heterocycles. The molecule has 0 aromatic heterocycles. The van der Waals surface area contributed by atoms with Gasteiger partial charge in [-0.25, -0.2) is 4.39 Å². The minimum Gasteiger partial charge on any atom is -0.378 e. The van der Waals surface area contributed by atoms with Crippen molar-refractivity contribution in [1.29, 1.82) is 5.26 Å². The normalized spacial score (nSPS) is 9.80. The molecule has 1 N–H and O–H groups in total. The van der Waals surface area contributed by atoms with Gasteiger partial charge in [-0.2, -0.15) is 5.26 Å². The molecule has 0 saturated carbocycles. The lowest BCUT2D eigenvalue weighted by molar-refractivity contribution is -0.116. The molecule has 0 aliphatic heterocycles. The number of rotatable bonds is 5. The Morgan fingerprint density at radius 3 is 2.60 bits per heavy atom. The van der Waals surface area contributed by atoms with Crippen molar-refractivity contribution in [3.05, 3.63) is 65.5 Å². The molecular formula is C16H13FN2O. The SMILES string of the molecule is N#Cc1ccc(CC(=O)CNc2cccc(F)c2)cc1. The van der Waals surface area contributed by atoms with Crippen LogP contribution in [0, 0.1) is 17.1 Å². The Morgan fingerprint density at radius 2 is 1.95 bits per heavy atom. The molecule has 0 heterocycles. The van der Waals surface area contributed by atoms with Crippen molar-refractivity contribution in [2.24, 2.45) is 0 Å². The van der Waals surface area contributed by atoms with Crippen LogP contribution in [0.4, 0.5) is 10.1 Å². The van der Waals surface area contributed by atoms with E-state index in [1.807, 2.05) is 6.07 Å². The summed E-state index contributed by atoms with van der Waals surface area (Å²) in [5.41, 5.74) is 2.01. The second kappa shape index (κ2) is 6.48. The van der Waals surface area contributed by atoms with Crippen molar-refractivity contribution in [3.63, 3.8) is 0 Å². The van der Waals surface area contributed by atoms with E-state index in [1.54, 1.807) is 36.4 Å². The van der Waals surface area contributed by atoms with E-state index in [4.69, 9.17) is 5.26 Å². The molecule has 0 amide bonds. The van der Waals surface area contributed by atoms with Gasteiger partial charge in [0.1, 0.15) is 5.82 Å². The zero-order valence-electron chi connectivity index (χ0n) is 10.8. The third-order valence-electron chi connectivity index (χ3n) is 2.80. The van der Waals surface area contributed by atoms with Gasteiger partial charge in [-0.15, -0.1) is 0 Å². The van der Waals surface area contributed by atoms with E-state index in [9.17, 15) is 9.18 Å². The average Bonchev–Trinajstić information content (AvgIpc) is 2.46. The summed E-state index contributed by atoms with van der Waals surface area (Å²) >= 11 is 0. The first-order valence-electron chi connectivity index (χ1n) is 6.17. The van der Waals surface area contributed by atoms with Crippen molar-refractivity contribution >= 4 is 11.5 Å². The number of halogens is 1. The molecule has 0 bridgehead atoms. The number of nitriles is 1. The van der Waals surface area contributed by atoms with Crippen molar-refractivity contribution in [2.75, 3.05) is 11.9 Å². The van der Waals surface area contributed by atoms with Gasteiger partial charge in [-0.3, -0.25) is 4.79 Å². The first kappa shape index (κ1) is 13.8. The Bertz CT molecular complexity index is 644. The van der Waals surface area contributed by atoms with Crippen molar-refractivity contribution < 1.29 is 9.18 Å². The quantitative estimate of drug-likeness (QED) is 0.907. The van der Waals surface area contributed by atoms with Crippen molar-refractivity contribution in [1.82, 2.24) is 0 Å². The second-order valence-corrected chi connectivity index (χ2v) is 4.39. The molecule has 0 fully saturated rings. The Labute approximate surface area is 116 Å². The highest BCUT2D eigenvalue weighted by Crippen LogP contribution is 2.09. The standard InChI is InChI=1S/C16H13FN2O/c17-14-2-1-3-15(9-14)19-11-16(20)8-12-4-6-13(10-18)7-5-12/h1-7,9,19H,8,11H2. The number of nitrogens with zero attached hydrogens (tertiary/aromatic N) is 1. The zero-order valence-corrected chi connectivity index (χ0v) is 10.8. The predicted octanol–water partition coefficient (Wildman–Crippen LogP) is 2.92. The van der Waals surface area contributed by atoms with Gasteiger partial charge in [0, 0.05) is 12.1 Å². The highest BCUT2D eigenvalue weighted by molar-refractivity contribution is 5.85. The fourth-order valence-corrected chi connectivity index (χ4v) is 1.79.